The van der Waals surface area contributed by atoms with Crippen molar-refractivity contribution in [3.8, 4) is 0 Å². The van der Waals surface area contributed by atoms with Gasteiger partial charge in [0.25, 0.3) is 5.91 Å². The van der Waals surface area contributed by atoms with Crippen molar-refractivity contribution in [1.29, 1.82) is 0 Å². The van der Waals surface area contributed by atoms with Crippen molar-refractivity contribution in [2.24, 2.45) is 5.16 Å². The zero-order valence-corrected chi connectivity index (χ0v) is 16.3. The molecule has 1 amide bonds. The second kappa shape index (κ2) is 7.22. The maximum atomic E-state index is 12.4. The van der Waals surface area contributed by atoms with Gasteiger partial charge in [0.05, 0.1) is 24.3 Å². The van der Waals surface area contributed by atoms with Crippen LogP contribution in [0.5, 0.6) is 0 Å². The number of hydrogen-bond donors (Lipinski definition) is 1. The summed E-state index contributed by atoms with van der Waals surface area (Å²) in [6, 6.07) is 1.96. The third kappa shape index (κ3) is 3.92. The van der Waals surface area contributed by atoms with Gasteiger partial charge < -0.3 is 15.1 Å². The van der Waals surface area contributed by atoms with Gasteiger partial charge in [-0.3, -0.25) is 4.79 Å². The molecule has 4 rings (SSSR count). The van der Waals surface area contributed by atoms with E-state index in [0.717, 1.165) is 42.4 Å². The van der Waals surface area contributed by atoms with Gasteiger partial charge in [-0.2, -0.15) is 0 Å². The number of aryl methyl sites for hydroxylation is 2. The summed E-state index contributed by atoms with van der Waals surface area (Å²) in [6.07, 6.45) is 2.30. The number of rotatable bonds is 4. The largest absolute Gasteiger partial charge is 0.386 e. The van der Waals surface area contributed by atoms with E-state index in [2.05, 4.69) is 30.3 Å². The monoisotopic (exact) mass is 386 g/mol. The van der Waals surface area contributed by atoms with Gasteiger partial charge in [0, 0.05) is 29.7 Å². The Kier molecular flexibility index (Phi) is 4.77. The van der Waals surface area contributed by atoms with Gasteiger partial charge >= 0.3 is 0 Å². The molecule has 1 saturated heterocycles. The molecule has 27 heavy (non-hydrogen) atoms. The Morgan fingerprint density at radius 1 is 1.37 bits per heavy atom. The fourth-order valence-electron chi connectivity index (χ4n) is 3.58. The third-order valence-corrected chi connectivity index (χ3v) is 5.44. The van der Waals surface area contributed by atoms with Crippen LogP contribution in [0.25, 0.3) is 0 Å². The lowest BCUT2D eigenvalue weighted by Crippen LogP contribution is -2.49. The molecule has 2 aromatic rings. The lowest BCUT2D eigenvalue weighted by molar-refractivity contribution is -0.115. The first kappa shape index (κ1) is 17.8. The van der Waals surface area contributed by atoms with Gasteiger partial charge in [0.2, 0.25) is 5.95 Å². The first-order valence-corrected chi connectivity index (χ1v) is 9.95. The van der Waals surface area contributed by atoms with Crippen molar-refractivity contribution in [2.75, 3.05) is 18.0 Å². The molecular formula is C18H22N6O2S. The van der Waals surface area contributed by atoms with Gasteiger partial charge in [0.15, 0.2) is 5.60 Å². The molecule has 1 N–H and O–H groups in total. The van der Waals surface area contributed by atoms with E-state index in [1.807, 2.05) is 25.3 Å². The summed E-state index contributed by atoms with van der Waals surface area (Å²) in [5.74, 6) is 0.524. The summed E-state index contributed by atoms with van der Waals surface area (Å²) in [5, 5.41) is 8.87. The zero-order valence-electron chi connectivity index (χ0n) is 15.4. The minimum atomic E-state index is -0.480. The van der Waals surface area contributed by atoms with Crippen LogP contribution >= 0.6 is 11.3 Å². The molecule has 2 aromatic heterocycles. The number of nitrogens with zero attached hydrogens (tertiary/aromatic N) is 5. The fourth-order valence-corrected chi connectivity index (χ4v) is 4.14. The molecule has 1 atom stereocenters. The molecule has 0 saturated carbocycles. The van der Waals surface area contributed by atoms with Gasteiger partial charge in [-0.25, -0.2) is 15.0 Å². The molecule has 8 nitrogen and oxygen atoms in total. The van der Waals surface area contributed by atoms with Crippen molar-refractivity contribution in [3.05, 3.63) is 34.0 Å². The summed E-state index contributed by atoms with van der Waals surface area (Å²) in [5.41, 5.74) is 4.45. The summed E-state index contributed by atoms with van der Waals surface area (Å²) in [4.78, 5) is 33.6. The predicted octanol–water partition coefficient (Wildman–Crippen LogP) is 1.98. The average molecular weight is 386 g/mol. The lowest BCUT2D eigenvalue weighted by atomic mass is 9.88. The Morgan fingerprint density at radius 2 is 2.19 bits per heavy atom. The van der Waals surface area contributed by atoms with Crippen molar-refractivity contribution in [2.45, 2.75) is 45.3 Å². The Balaban J connectivity index is 1.40. The van der Waals surface area contributed by atoms with Crippen molar-refractivity contribution < 1.29 is 9.63 Å². The van der Waals surface area contributed by atoms with Crippen molar-refractivity contribution in [3.63, 3.8) is 0 Å². The Morgan fingerprint density at radius 3 is 2.93 bits per heavy atom. The van der Waals surface area contributed by atoms with E-state index in [1.165, 1.54) is 11.3 Å². The van der Waals surface area contributed by atoms with Gasteiger partial charge in [-0.05, 0) is 32.8 Å². The van der Waals surface area contributed by atoms with Crippen LogP contribution in [0, 0.1) is 13.8 Å². The molecule has 4 heterocycles. The quantitative estimate of drug-likeness (QED) is 0.864. The number of carbonyl (C=O) groups is 1. The topological polar surface area (TPSA) is 92.6 Å². The van der Waals surface area contributed by atoms with Crippen LogP contribution in [0.3, 0.4) is 0 Å². The van der Waals surface area contributed by atoms with Crippen LogP contribution in [0.4, 0.5) is 5.95 Å². The number of amides is 1. The molecule has 2 aliphatic rings. The predicted molar refractivity (Wildman–Crippen MR) is 103 cm³/mol. The fraction of sp³-hybridized carbons (Fsp3) is 0.500. The zero-order chi connectivity index (χ0) is 18.9. The molecular weight excluding hydrogens is 364 g/mol. The van der Waals surface area contributed by atoms with Crippen LogP contribution in [-0.4, -0.2) is 45.3 Å². The number of hydrogen-bond acceptors (Lipinski definition) is 8. The number of oxime groups is 1. The molecule has 9 heteroatoms. The van der Waals surface area contributed by atoms with E-state index < -0.39 is 5.60 Å². The summed E-state index contributed by atoms with van der Waals surface area (Å²) < 4.78 is 0. The maximum Gasteiger partial charge on any atom is 0.269 e. The second-order valence-corrected chi connectivity index (χ2v) is 7.85. The maximum absolute atomic E-state index is 12.4. The SMILES string of the molecule is Cc1cc(C)nc(N2CCC[C@@]3(CC(C(=O)NCc4cscn4)=NO3)C2)n1. The van der Waals surface area contributed by atoms with Crippen LogP contribution in [-0.2, 0) is 16.2 Å². The highest BCUT2D eigenvalue weighted by Crippen LogP contribution is 2.34. The van der Waals surface area contributed by atoms with Gasteiger partial charge in [-0.1, -0.05) is 5.16 Å². The Hall–Kier alpha value is -2.55. The molecule has 0 radical (unpaired) electrons. The van der Waals surface area contributed by atoms with Gasteiger partial charge in [0.1, 0.15) is 5.71 Å². The number of piperidine rings is 1. The average Bonchev–Trinajstić information content (AvgIpc) is 3.29. The highest BCUT2D eigenvalue weighted by atomic mass is 32.1. The second-order valence-electron chi connectivity index (χ2n) is 7.13. The van der Waals surface area contributed by atoms with E-state index in [-0.39, 0.29) is 5.91 Å². The molecule has 0 unspecified atom stereocenters. The highest BCUT2D eigenvalue weighted by Gasteiger charge is 2.45. The highest BCUT2D eigenvalue weighted by molar-refractivity contribution is 7.07. The number of anilines is 1. The van der Waals surface area contributed by atoms with E-state index >= 15 is 0 Å². The molecule has 0 aliphatic carbocycles. The van der Waals surface area contributed by atoms with Crippen molar-refractivity contribution >= 4 is 28.9 Å². The minimum Gasteiger partial charge on any atom is -0.386 e. The minimum absolute atomic E-state index is 0.195. The number of aromatic nitrogens is 3. The number of carbonyl (C=O) groups excluding carboxylic acids is 1. The summed E-state index contributed by atoms with van der Waals surface area (Å²) >= 11 is 1.51. The Labute approximate surface area is 161 Å². The molecule has 0 aromatic carbocycles. The number of thiazole rings is 1. The van der Waals surface area contributed by atoms with Crippen LogP contribution in [0.1, 0.15) is 36.3 Å². The van der Waals surface area contributed by atoms with E-state index in [1.54, 1.807) is 5.51 Å². The van der Waals surface area contributed by atoms with Crippen molar-refractivity contribution in [1.82, 2.24) is 20.3 Å². The third-order valence-electron chi connectivity index (χ3n) is 4.81. The van der Waals surface area contributed by atoms with Crippen LogP contribution in [0.15, 0.2) is 22.1 Å². The molecule has 1 spiro atoms. The molecule has 0 bridgehead atoms. The van der Waals surface area contributed by atoms with E-state index in [4.69, 9.17) is 4.84 Å². The molecule has 2 aliphatic heterocycles. The first-order chi connectivity index (χ1) is 13.0. The lowest BCUT2D eigenvalue weighted by Gasteiger charge is -2.38. The van der Waals surface area contributed by atoms with Crippen LogP contribution < -0.4 is 10.2 Å². The van der Waals surface area contributed by atoms with E-state index in [9.17, 15) is 4.79 Å². The number of nitrogens with one attached hydrogen (secondary N) is 1. The summed E-state index contributed by atoms with van der Waals surface area (Å²) in [7, 11) is 0. The van der Waals surface area contributed by atoms with Gasteiger partial charge in [-0.15, -0.1) is 11.3 Å². The normalized spacial score (nSPS) is 21.9. The van der Waals surface area contributed by atoms with Crippen LogP contribution in [0.2, 0.25) is 0 Å². The standard InChI is InChI=1S/C18H22N6O2S/c1-12-6-13(2)22-17(21-12)24-5-3-4-18(10-24)7-15(23-26-18)16(25)19-8-14-9-27-11-20-14/h6,9,11H,3-5,7-8,10H2,1-2H3,(H,19,25)/t18-/m1/s1. The van der Waals surface area contributed by atoms with E-state index in [0.29, 0.717) is 25.2 Å². The molecule has 1 fully saturated rings. The first-order valence-electron chi connectivity index (χ1n) is 9.01. The smallest absolute Gasteiger partial charge is 0.269 e. The summed E-state index contributed by atoms with van der Waals surface area (Å²) in [6.45, 7) is 5.84. The molecule has 142 valence electrons. The Bertz CT molecular complexity index is 848.